The predicted octanol–water partition coefficient (Wildman–Crippen LogP) is 2.08. The summed E-state index contributed by atoms with van der Waals surface area (Å²) in [7, 11) is 0. The van der Waals surface area contributed by atoms with Crippen molar-refractivity contribution in [3.8, 4) is 0 Å². The molecule has 8 heteroatoms. The summed E-state index contributed by atoms with van der Waals surface area (Å²) in [5.74, 6) is 0.208. The molecule has 1 amide bonds. The summed E-state index contributed by atoms with van der Waals surface area (Å²) in [4.78, 5) is 26.9. The van der Waals surface area contributed by atoms with Gasteiger partial charge < -0.3 is 25.5 Å². The lowest BCUT2D eigenvalue weighted by Crippen LogP contribution is -2.34. The molecule has 2 N–H and O–H groups in total. The van der Waals surface area contributed by atoms with Crippen molar-refractivity contribution in [1.29, 1.82) is 0 Å². The monoisotopic (exact) mass is 308 g/mol. The lowest BCUT2D eigenvalue weighted by Gasteiger charge is -2.27. The summed E-state index contributed by atoms with van der Waals surface area (Å²) in [6.45, 7) is 5.32. The number of anilines is 1. The van der Waals surface area contributed by atoms with E-state index >= 15 is 0 Å². The molecule has 2 heterocycles. The molecule has 1 aliphatic heterocycles. The second-order valence-corrected chi connectivity index (χ2v) is 6.12. The number of ether oxygens (including phenoxy) is 1. The van der Waals surface area contributed by atoms with E-state index in [-0.39, 0.29) is 5.82 Å². The Hall–Kier alpha value is -2.38. The Morgan fingerprint density at radius 2 is 2.32 bits per heavy atom. The molecular formula is C14H20N4O4. The molecule has 2 rings (SSSR count). The number of aromatic nitrogens is 1. The van der Waals surface area contributed by atoms with Crippen molar-refractivity contribution in [1.82, 2.24) is 4.98 Å². The van der Waals surface area contributed by atoms with Crippen LogP contribution in [0.15, 0.2) is 18.3 Å². The molecule has 8 nitrogen and oxygen atoms in total. The molecule has 1 aromatic heterocycles. The first-order valence-corrected chi connectivity index (χ1v) is 7.11. The van der Waals surface area contributed by atoms with E-state index in [0.29, 0.717) is 12.3 Å². The number of primary amides is 1. The number of hydrogen-bond donors (Lipinski definition) is 1. The first-order chi connectivity index (χ1) is 10.3. The molecule has 120 valence electrons. The number of carbonyl (C=O) groups is 1. The van der Waals surface area contributed by atoms with Gasteiger partial charge in [0.15, 0.2) is 6.20 Å². The number of hydrogen-bond acceptors (Lipinski definition) is 6. The van der Waals surface area contributed by atoms with E-state index in [9.17, 15) is 14.9 Å². The van der Waals surface area contributed by atoms with Crippen molar-refractivity contribution in [3.05, 3.63) is 28.4 Å². The maximum absolute atomic E-state index is 10.9. The van der Waals surface area contributed by atoms with Gasteiger partial charge in [-0.15, -0.1) is 0 Å². The molecule has 1 unspecified atom stereocenters. The van der Waals surface area contributed by atoms with Crippen LogP contribution in [0.25, 0.3) is 0 Å². The minimum Gasteiger partial charge on any atom is -0.444 e. The van der Waals surface area contributed by atoms with Gasteiger partial charge in [0.05, 0.1) is 5.69 Å². The van der Waals surface area contributed by atoms with E-state index in [1.165, 1.54) is 12.3 Å². The predicted molar refractivity (Wildman–Crippen MR) is 80.6 cm³/mol. The maximum Gasteiger partial charge on any atom is 0.405 e. The molecule has 22 heavy (non-hydrogen) atoms. The van der Waals surface area contributed by atoms with Gasteiger partial charge >= 0.3 is 11.9 Å². The van der Waals surface area contributed by atoms with Gasteiger partial charge in [-0.1, -0.05) is 0 Å². The van der Waals surface area contributed by atoms with Crippen molar-refractivity contribution in [2.45, 2.75) is 32.3 Å². The van der Waals surface area contributed by atoms with Crippen LogP contribution in [0.4, 0.5) is 16.3 Å². The van der Waals surface area contributed by atoms with Crippen LogP contribution >= 0.6 is 0 Å². The standard InChI is InChI=1S/C14H20N4O4/c1-14(2,22-13(15)19)7-10-5-6-17(9-10)11-3-4-12(16-8-11)18(20)21/h3-4,8,10H,5-7,9H2,1-2H3,(H2,15,19). The molecule has 1 fully saturated rings. The number of carbonyl (C=O) groups excluding carboxylic acids is 1. The van der Waals surface area contributed by atoms with Crippen LogP contribution in [-0.4, -0.2) is 34.7 Å². The van der Waals surface area contributed by atoms with Crippen LogP contribution in [0.1, 0.15) is 26.7 Å². The van der Waals surface area contributed by atoms with Gasteiger partial charge in [-0.3, -0.25) is 0 Å². The summed E-state index contributed by atoms with van der Waals surface area (Å²) in [5, 5.41) is 10.6. The van der Waals surface area contributed by atoms with Crippen molar-refractivity contribution in [3.63, 3.8) is 0 Å². The van der Waals surface area contributed by atoms with E-state index in [4.69, 9.17) is 10.5 Å². The highest BCUT2D eigenvalue weighted by Crippen LogP contribution is 2.30. The number of pyridine rings is 1. The third kappa shape index (κ3) is 4.06. The molecular weight excluding hydrogens is 288 g/mol. The van der Waals surface area contributed by atoms with E-state index in [1.54, 1.807) is 6.07 Å². The van der Waals surface area contributed by atoms with Gasteiger partial charge in [0.1, 0.15) is 5.60 Å². The molecule has 0 aromatic carbocycles. The van der Waals surface area contributed by atoms with Crippen molar-refractivity contribution < 1.29 is 14.5 Å². The molecule has 0 radical (unpaired) electrons. The largest absolute Gasteiger partial charge is 0.444 e. The number of amides is 1. The quantitative estimate of drug-likeness (QED) is 0.658. The Bertz CT molecular complexity index is 558. The second-order valence-electron chi connectivity index (χ2n) is 6.12. The number of rotatable bonds is 5. The van der Waals surface area contributed by atoms with Crippen molar-refractivity contribution in [2.24, 2.45) is 11.7 Å². The third-order valence-corrected chi connectivity index (χ3v) is 3.73. The van der Waals surface area contributed by atoms with Crippen LogP contribution in [0.5, 0.6) is 0 Å². The van der Waals surface area contributed by atoms with Gasteiger partial charge in [-0.05, 0) is 48.6 Å². The average Bonchev–Trinajstić information content (AvgIpc) is 2.84. The van der Waals surface area contributed by atoms with E-state index in [1.807, 2.05) is 13.8 Å². The second kappa shape index (κ2) is 6.17. The first kappa shape index (κ1) is 16.0. The summed E-state index contributed by atoms with van der Waals surface area (Å²) < 4.78 is 5.12. The molecule has 0 aliphatic carbocycles. The lowest BCUT2D eigenvalue weighted by atomic mass is 9.93. The van der Waals surface area contributed by atoms with E-state index in [2.05, 4.69) is 9.88 Å². The summed E-state index contributed by atoms with van der Waals surface area (Å²) >= 11 is 0. The Morgan fingerprint density at radius 1 is 1.59 bits per heavy atom. The number of nitro groups is 1. The minimum atomic E-state index is -0.764. The third-order valence-electron chi connectivity index (χ3n) is 3.73. The normalized spacial score (nSPS) is 18.3. The Labute approximate surface area is 128 Å². The van der Waals surface area contributed by atoms with Gasteiger partial charge in [0, 0.05) is 19.2 Å². The fourth-order valence-corrected chi connectivity index (χ4v) is 2.92. The highest BCUT2D eigenvalue weighted by molar-refractivity contribution is 5.65. The molecule has 1 aromatic rings. The molecule has 0 spiro atoms. The Morgan fingerprint density at radius 3 is 2.86 bits per heavy atom. The molecule has 1 atom stereocenters. The topological polar surface area (TPSA) is 112 Å². The Balaban J connectivity index is 1.95. The molecule has 0 bridgehead atoms. The van der Waals surface area contributed by atoms with Gasteiger partial charge in [-0.2, -0.15) is 0 Å². The highest BCUT2D eigenvalue weighted by atomic mass is 16.6. The zero-order valence-corrected chi connectivity index (χ0v) is 12.7. The average molecular weight is 308 g/mol. The van der Waals surface area contributed by atoms with Crippen molar-refractivity contribution >= 4 is 17.6 Å². The SMILES string of the molecule is CC(C)(CC1CCN(c2ccc([N+](=O)[O-])nc2)C1)OC(N)=O. The highest BCUT2D eigenvalue weighted by Gasteiger charge is 2.31. The van der Waals surface area contributed by atoms with E-state index < -0.39 is 16.6 Å². The molecule has 1 aliphatic rings. The van der Waals surface area contributed by atoms with Gasteiger partial charge in [0.25, 0.3) is 0 Å². The lowest BCUT2D eigenvalue weighted by molar-refractivity contribution is -0.389. The van der Waals surface area contributed by atoms with Crippen LogP contribution in [0.2, 0.25) is 0 Å². The summed E-state index contributed by atoms with van der Waals surface area (Å²) in [5.41, 5.74) is 5.34. The zero-order valence-electron chi connectivity index (χ0n) is 12.7. The van der Waals surface area contributed by atoms with Crippen LogP contribution < -0.4 is 10.6 Å². The fourth-order valence-electron chi connectivity index (χ4n) is 2.92. The van der Waals surface area contributed by atoms with Gasteiger partial charge in [-0.25, -0.2) is 4.79 Å². The van der Waals surface area contributed by atoms with Crippen LogP contribution in [0.3, 0.4) is 0 Å². The smallest absolute Gasteiger partial charge is 0.405 e. The molecule has 1 saturated heterocycles. The maximum atomic E-state index is 10.9. The van der Waals surface area contributed by atoms with Crippen molar-refractivity contribution in [2.75, 3.05) is 18.0 Å². The van der Waals surface area contributed by atoms with Crippen LogP contribution in [0, 0.1) is 16.0 Å². The van der Waals surface area contributed by atoms with E-state index in [0.717, 1.165) is 25.2 Å². The summed E-state index contributed by atoms with van der Waals surface area (Å²) in [6.07, 6.45) is 2.43. The number of nitrogens with two attached hydrogens (primary N) is 1. The van der Waals surface area contributed by atoms with Crippen LogP contribution in [-0.2, 0) is 4.74 Å². The Kier molecular flexibility index (Phi) is 4.48. The first-order valence-electron chi connectivity index (χ1n) is 7.11. The zero-order chi connectivity index (χ0) is 16.3. The molecule has 0 saturated carbocycles. The fraction of sp³-hybridized carbons (Fsp3) is 0.571. The van der Waals surface area contributed by atoms with Gasteiger partial charge in [0.2, 0.25) is 0 Å². The minimum absolute atomic E-state index is 0.157. The summed E-state index contributed by atoms with van der Waals surface area (Å²) in [6, 6.07) is 3.11. The number of nitrogens with zero attached hydrogens (tertiary/aromatic N) is 3.